The lowest BCUT2D eigenvalue weighted by molar-refractivity contribution is -0.117. The molecule has 0 aliphatic heterocycles. The molecule has 1 N–H and O–H groups in total. The fraction of sp³-hybridized carbons (Fsp3) is 0.222. The van der Waals surface area contributed by atoms with Gasteiger partial charge < -0.3 is 10.2 Å². The molecule has 0 aliphatic rings. The van der Waals surface area contributed by atoms with Crippen LogP contribution in [0.15, 0.2) is 36.4 Å². The molecule has 2 amide bonds. The molecule has 25 heavy (non-hydrogen) atoms. The first-order chi connectivity index (χ1) is 11.8. The molecule has 0 heterocycles. The largest absolute Gasteiger partial charge is 0.326 e. The van der Waals surface area contributed by atoms with E-state index in [2.05, 4.69) is 5.32 Å². The lowest BCUT2D eigenvalue weighted by Gasteiger charge is -2.21. The van der Waals surface area contributed by atoms with Crippen molar-refractivity contribution in [3.05, 3.63) is 57.0 Å². The summed E-state index contributed by atoms with van der Waals surface area (Å²) in [4.78, 5) is 25.6. The van der Waals surface area contributed by atoms with Gasteiger partial charge in [0, 0.05) is 46.3 Å². The van der Waals surface area contributed by atoms with Crippen molar-refractivity contribution in [1.29, 1.82) is 0 Å². The van der Waals surface area contributed by atoms with Crippen molar-refractivity contribution in [3.8, 4) is 0 Å². The fourth-order valence-corrected chi connectivity index (χ4v) is 2.98. The molecular formula is C18H17Cl3N2O2. The van der Waals surface area contributed by atoms with Crippen LogP contribution < -0.4 is 10.2 Å². The van der Waals surface area contributed by atoms with E-state index in [0.29, 0.717) is 26.4 Å². The van der Waals surface area contributed by atoms with Gasteiger partial charge in [0.2, 0.25) is 11.8 Å². The molecule has 2 aromatic carbocycles. The summed E-state index contributed by atoms with van der Waals surface area (Å²) in [6, 6.07) is 10.1. The summed E-state index contributed by atoms with van der Waals surface area (Å²) in [6.07, 6.45) is 0.120. The maximum absolute atomic E-state index is 12.2. The number of benzene rings is 2. The molecule has 0 fully saturated rings. The highest BCUT2D eigenvalue weighted by Crippen LogP contribution is 2.24. The maximum Gasteiger partial charge on any atom is 0.226 e. The third-order valence-electron chi connectivity index (χ3n) is 3.56. The van der Waals surface area contributed by atoms with Gasteiger partial charge in [0.15, 0.2) is 0 Å². The second-order valence-corrected chi connectivity index (χ2v) is 6.84. The quantitative estimate of drug-likeness (QED) is 0.738. The van der Waals surface area contributed by atoms with Crippen LogP contribution in [0.25, 0.3) is 0 Å². The van der Waals surface area contributed by atoms with Gasteiger partial charge in [-0.05, 0) is 42.8 Å². The van der Waals surface area contributed by atoms with Crippen LogP contribution in [0.1, 0.15) is 18.9 Å². The molecule has 0 radical (unpaired) electrons. The lowest BCUT2D eigenvalue weighted by atomic mass is 10.2. The number of nitrogens with zero attached hydrogens (tertiary/aromatic N) is 1. The second-order valence-electron chi connectivity index (χ2n) is 5.56. The van der Waals surface area contributed by atoms with Gasteiger partial charge in [-0.25, -0.2) is 0 Å². The van der Waals surface area contributed by atoms with E-state index in [-0.39, 0.29) is 24.8 Å². The van der Waals surface area contributed by atoms with Gasteiger partial charge in [-0.15, -0.1) is 0 Å². The molecule has 2 aromatic rings. The molecule has 0 aliphatic carbocycles. The number of aryl methyl sites for hydroxylation is 1. The molecule has 4 nitrogen and oxygen atoms in total. The number of hydrogen-bond acceptors (Lipinski definition) is 2. The Morgan fingerprint density at radius 3 is 2.24 bits per heavy atom. The summed E-state index contributed by atoms with van der Waals surface area (Å²) in [5.41, 5.74) is 2.08. The number of nitrogens with one attached hydrogen (secondary N) is 1. The van der Waals surface area contributed by atoms with Crippen molar-refractivity contribution in [2.24, 2.45) is 0 Å². The minimum Gasteiger partial charge on any atom is -0.326 e. The molecule has 0 spiro atoms. The first-order valence-corrected chi connectivity index (χ1v) is 8.70. The smallest absolute Gasteiger partial charge is 0.226 e. The van der Waals surface area contributed by atoms with Crippen LogP contribution >= 0.6 is 34.8 Å². The SMILES string of the molecule is CC(=O)N(CCC(=O)Nc1cc(Cl)cc(Cl)c1)c1ccc(C)c(Cl)c1. The summed E-state index contributed by atoms with van der Waals surface area (Å²) < 4.78 is 0. The number of carbonyl (C=O) groups is 2. The molecule has 0 bridgehead atoms. The van der Waals surface area contributed by atoms with Crippen molar-refractivity contribution >= 4 is 58.0 Å². The van der Waals surface area contributed by atoms with E-state index in [0.717, 1.165) is 5.56 Å². The lowest BCUT2D eigenvalue weighted by Crippen LogP contribution is -2.32. The summed E-state index contributed by atoms with van der Waals surface area (Å²) in [6.45, 7) is 3.56. The van der Waals surface area contributed by atoms with Crippen molar-refractivity contribution in [3.63, 3.8) is 0 Å². The van der Waals surface area contributed by atoms with Gasteiger partial charge in [0.05, 0.1) is 0 Å². The van der Waals surface area contributed by atoms with E-state index in [1.807, 2.05) is 13.0 Å². The Hall–Kier alpha value is -1.75. The van der Waals surface area contributed by atoms with Crippen molar-refractivity contribution in [2.45, 2.75) is 20.3 Å². The van der Waals surface area contributed by atoms with E-state index in [1.165, 1.54) is 11.8 Å². The van der Waals surface area contributed by atoms with Gasteiger partial charge in [0.1, 0.15) is 0 Å². The molecule has 0 saturated heterocycles. The van der Waals surface area contributed by atoms with E-state index < -0.39 is 0 Å². The molecule has 0 aromatic heterocycles. The third-order valence-corrected chi connectivity index (χ3v) is 4.40. The molecular weight excluding hydrogens is 383 g/mol. The van der Waals surface area contributed by atoms with Crippen molar-refractivity contribution in [2.75, 3.05) is 16.8 Å². The standard InChI is InChI=1S/C18H17Cl3N2O2/c1-11-3-4-16(10-17(11)21)23(12(2)24)6-5-18(25)22-15-8-13(19)7-14(20)9-15/h3-4,7-10H,5-6H2,1-2H3,(H,22,25). The number of carbonyl (C=O) groups excluding carboxylic acids is 2. The molecule has 0 saturated carbocycles. The minimum absolute atomic E-state index is 0.120. The Morgan fingerprint density at radius 2 is 1.68 bits per heavy atom. The highest BCUT2D eigenvalue weighted by molar-refractivity contribution is 6.35. The Bertz CT molecular complexity index is 789. The van der Waals surface area contributed by atoms with Gasteiger partial charge in [0.25, 0.3) is 0 Å². The first-order valence-electron chi connectivity index (χ1n) is 7.56. The normalized spacial score (nSPS) is 10.4. The van der Waals surface area contributed by atoms with Gasteiger partial charge >= 0.3 is 0 Å². The Kier molecular flexibility index (Phi) is 6.71. The van der Waals surface area contributed by atoms with Crippen LogP contribution in [-0.2, 0) is 9.59 Å². The number of hydrogen-bond donors (Lipinski definition) is 1. The summed E-state index contributed by atoms with van der Waals surface area (Å²) in [5, 5.41) is 4.15. The highest BCUT2D eigenvalue weighted by Gasteiger charge is 2.14. The Balaban J connectivity index is 2.04. The monoisotopic (exact) mass is 398 g/mol. The van der Waals surface area contributed by atoms with Crippen LogP contribution in [0.2, 0.25) is 15.1 Å². The average Bonchev–Trinajstić information content (AvgIpc) is 2.49. The number of rotatable bonds is 5. The van der Waals surface area contributed by atoms with Crippen molar-refractivity contribution in [1.82, 2.24) is 0 Å². The maximum atomic E-state index is 12.2. The van der Waals surface area contributed by atoms with E-state index in [4.69, 9.17) is 34.8 Å². The average molecular weight is 400 g/mol. The van der Waals surface area contributed by atoms with Crippen LogP contribution in [0.5, 0.6) is 0 Å². The zero-order valence-corrected chi connectivity index (χ0v) is 16.0. The first kappa shape index (κ1) is 19.6. The zero-order valence-electron chi connectivity index (χ0n) is 13.8. The molecule has 132 valence electrons. The second kappa shape index (κ2) is 8.56. The van der Waals surface area contributed by atoms with E-state index in [9.17, 15) is 9.59 Å². The summed E-state index contributed by atoms with van der Waals surface area (Å²) in [7, 11) is 0. The van der Waals surface area contributed by atoms with Gasteiger partial charge in [-0.2, -0.15) is 0 Å². The highest BCUT2D eigenvalue weighted by atomic mass is 35.5. The van der Waals surface area contributed by atoms with Crippen LogP contribution in [0.4, 0.5) is 11.4 Å². The summed E-state index contributed by atoms with van der Waals surface area (Å²) >= 11 is 17.9. The number of halogens is 3. The van der Waals surface area contributed by atoms with E-state index >= 15 is 0 Å². The predicted molar refractivity (Wildman–Crippen MR) is 104 cm³/mol. The van der Waals surface area contributed by atoms with E-state index in [1.54, 1.807) is 30.3 Å². The summed E-state index contributed by atoms with van der Waals surface area (Å²) in [5.74, 6) is -0.415. The molecule has 7 heteroatoms. The minimum atomic E-state index is -0.247. The van der Waals surface area contributed by atoms with Crippen LogP contribution in [0.3, 0.4) is 0 Å². The molecule has 0 atom stereocenters. The van der Waals surface area contributed by atoms with Crippen LogP contribution in [-0.4, -0.2) is 18.4 Å². The Labute approximate surface area is 161 Å². The third kappa shape index (κ3) is 5.63. The topological polar surface area (TPSA) is 49.4 Å². The number of anilines is 2. The number of amides is 2. The van der Waals surface area contributed by atoms with Gasteiger partial charge in [-0.3, -0.25) is 9.59 Å². The van der Waals surface area contributed by atoms with Crippen LogP contribution in [0, 0.1) is 6.92 Å². The van der Waals surface area contributed by atoms with Crippen molar-refractivity contribution < 1.29 is 9.59 Å². The Morgan fingerprint density at radius 1 is 1.04 bits per heavy atom. The molecule has 0 unspecified atom stereocenters. The fourth-order valence-electron chi connectivity index (χ4n) is 2.28. The zero-order chi connectivity index (χ0) is 18.6. The van der Waals surface area contributed by atoms with Gasteiger partial charge in [-0.1, -0.05) is 40.9 Å². The molecule has 2 rings (SSSR count). The predicted octanol–water partition coefficient (Wildman–Crippen LogP) is 5.34.